The SMILES string of the molecule is CC(=O)O.CCOC(=O)Cc1ccc2c(c1)sc1ncnc(Nc3ccc(OCc4ccccn4)c(Cl)c3)c12. The second kappa shape index (κ2) is 13.0. The van der Waals surface area contributed by atoms with Gasteiger partial charge in [0.1, 0.15) is 29.3 Å². The van der Waals surface area contributed by atoms with Crippen molar-refractivity contribution in [2.45, 2.75) is 26.9 Å². The maximum Gasteiger partial charge on any atom is 0.310 e. The van der Waals surface area contributed by atoms with Gasteiger partial charge >= 0.3 is 5.97 Å². The number of rotatable bonds is 8. The van der Waals surface area contributed by atoms with E-state index in [1.165, 1.54) is 6.33 Å². The summed E-state index contributed by atoms with van der Waals surface area (Å²) >= 11 is 8.04. The lowest BCUT2D eigenvalue weighted by Gasteiger charge is -2.11. The Kier molecular flexibility index (Phi) is 9.24. The number of esters is 1. The van der Waals surface area contributed by atoms with Gasteiger partial charge in [-0.1, -0.05) is 29.8 Å². The molecule has 11 heteroatoms. The molecular formula is C28H25ClN4O5S. The molecule has 9 nitrogen and oxygen atoms in total. The third-order valence-corrected chi connectivity index (χ3v) is 6.64. The van der Waals surface area contributed by atoms with E-state index in [0.29, 0.717) is 29.8 Å². The number of benzene rings is 2. The van der Waals surface area contributed by atoms with Gasteiger partial charge in [0, 0.05) is 28.9 Å². The highest BCUT2D eigenvalue weighted by atomic mass is 35.5. The Morgan fingerprint density at radius 2 is 1.90 bits per heavy atom. The molecule has 0 atom stereocenters. The molecule has 0 saturated heterocycles. The molecule has 0 radical (unpaired) electrons. The minimum Gasteiger partial charge on any atom is -0.486 e. The van der Waals surface area contributed by atoms with Crippen LogP contribution in [0.5, 0.6) is 5.75 Å². The van der Waals surface area contributed by atoms with Gasteiger partial charge in [-0.3, -0.25) is 14.6 Å². The molecule has 0 unspecified atom stereocenters. The first-order valence-electron chi connectivity index (χ1n) is 11.9. The fourth-order valence-corrected chi connectivity index (χ4v) is 5.04. The molecule has 0 aliphatic rings. The number of hydrogen-bond donors (Lipinski definition) is 2. The molecule has 0 aliphatic heterocycles. The number of fused-ring (bicyclic) bond motifs is 3. The lowest BCUT2D eigenvalue weighted by molar-refractivity contribution is -0.142. The molecule has 0 bridgehead atoms. The maximum absolute atomic E-state index is 11.9. The number of anilines is 2. The highest BCUT2D eigenvalue weighted by Crippen LogP contribution is 2.38. The van der Waals surface area contributed by atoms with E-state index >= 15 is 0 Å². The number of carboxylic acid groups (broad SMARTS) is 1. The highest BCUT2D eigenvalue weighted by Gasteiger charge is 2.14. The van der Waals surface area contributed by atoms with Crippen LogP contribution in [0.3, 0.4) is 0 Å². The smallest absolute Gasteiger partial charge is 0.310 e. The van der Waals surface area contributed by atoms with Crippen LogP contribution in [0.2, 0.25) is 5.02 Å². The number of aromatic nitrogens is 3. The summed E-state index contributed by atoms with van der Waals surface area (Å²) in [5.41, 5.74) is 2.50. The number of carbonyl (C=O) groups is 2. The zero-order valence-electron chi connectivity index (χ0n) is 21.2. The summed E-state index contributed by atoms with van der Waals surface area (Å²) in [6, 6.07) is 17.1. The van der Waals surface area contributed by atoms with Crippen molar-refractivity contribution in [3.05, 3.63) is 83.4 Å². The summed E-state index contributed by atoms with van der Waals surface area (Å²) in [7, 11) is 0. The zero-order chi connectivity index (χ0) is 27.8. The normalized spacial score (nSPS) is 10.5. The minimum atomic E-state index is -0.833. The Labute approximate surface area is 233 Å². The van der Waals surface area contributed by atoms with Crippen molar-refractivity contribution in [1.82, 2.24) is 15.0 Å². The predicted molar refractivity (Wildman–Crippen MR) is 152 cm³/mol. The van der Waals surface area contributed by atoms with Crippen LogP contribution in [-0.2, 0) is 27.4 Å². The average Bonchev–Trinajstić information content (AvgIpc) is 3.27. The second-order valence-corrected chi connectivity index (χ2v) is 9.65. The van der Waals surface area contributed by atoms with Crippen LogP contribution in [0.1, 0.15) is 25.1 Å². The number of halogens is 1. The van der Waals surface area contributed by atoms with Crippen LogP contribution in [-0.4, -0.2) is 38.6 Å². The van der Waals surface area contributed by atoms with E-state index in [2.05, 4.69) is 20.3 Å². The summed E-state index contributed by atoms with van der Waals surface area (Å²) in [4.78, 5) is 34.9. The van der Waals surface area contributed by atoms with Crippen LogP contribution in [0.15, 0.2) is 67.1 Å². The zero-order valence-corrected chi connectivity index (χ0v) is 22.8. The highest BCUT2D eigenvalue weighted by molar-refractivity contribution is 7.25. The van der Waals surface area contributed by atoms with Gasteiger partial charge in [-0.2, -0.15) is 0 Å². The van der Waals surface area contributed by atoms with Crippen LogP contribution < -0.4 is 10.1 Å². The van der Waals surface area contributed by atoms with Gasteiger partial charge in [0.25, 0.3) is 5.97 Å². The van der Waals surface area contributed by atoms with Crippen molar-refractivity contribution >= 4 is 66.7 Å². The topological polar surface area (TPSA) is 124 Å². The van der Waals surface area contributed by atoms with Gasteiger partial charge in [0.15, 0.2) is 0 Å². The fourth-order valence-electron chi connectivity index (χ4n) is 3.70. The third-order valence-electron chi connectivity index (χ3n) is 5.28. The number of hydrogen-bond acceptors (Lipinski definition) is 9. The number of pyridine rings is 1. The number of ether oxygens (including phenoxy) is 2. The van der Waals surface area contributed by atoms with E-state index in [4.69, 9.17) is 31.0 Å². The monoisotopic (exact) mass is 564 g/mol. The number of aliphatic carboxylic acids is 1. The first kappa shape index (κ1) is 27.7. The Morgan fingerprint density at radius 3 is 2.62 bits per heavy atom. The molecule has 39 heavy (non-hydrogen) atoms. The summed E-state index contributed by atoms with van der Waals surface area (Å²) < 4.78 is 11.9. The number of carbonyl (C=O) groups excluding carboxylic acids is 1. The molecule has 200 valence electrons. The lowest BCUT2D eigenvalue weighted by atomic mass is 10.1. The van der Waals surface area contributed by atoms with Gasteiger partial charge in [-0.05, 0) is 48.9 Å². The summed E-state index contributed by atoms with van der Waals surface area (Å²) in [5.74, 6) is 0.183. The van der Waals surface area contributed by atoms with Gasteiger partial charge in [0.05, 0.1) is 29.1 Å². The second-order valence-electron chi connectivity index (χ2n) is 8.22. The molecular weight excluding hydrogens is 540 g/mol. The van der Waals surface area contributed by atoms with Crippen molar-refractivity contribution in [2.24, 2.45) is 0 Å². The van der Waals surface area contributed by atoms with Crippen LogP contribution in [0.25, 0.3) is 20.3 Å². The van der Waals surface area contributed by atoms with Crippen LogP contribution in [0.4, 0.5) is 11.5 Å². The first-order valence-corrected chi connectivity index (χ1v) is 13.1. The minimum absolute atomic E-state index is 0.237. The van der Waals surface area contributed by atoms with Crippen molar-refractivity contribution in [1.29, 1.82) is 0 Å². The van der Waals surface area contributed by atoms with E-state index in [1.807, 2.05) is 48.5 Å². The maximum atomic E-state index is 11.9. The van der Waals surface area contributed by atoms with E-state index in [-0.39, 0.29) is 12.4 Å². The summed E-state index contributed by atoms with van der Waals surface area (Å²) in [6.45, 7) is 3.59. The molecule has 5 rings (SSSR count). The van der Waals surface area contributed by atoms with Gasteiger partial charge in [-0.25, -0.2) is 9.97 Å². The Morgan fingerprint density at radius 1 is 1.08 bits per heavy atom. The Balaban J connectivity index is 0.000000826. The molecule has 0 aliphatic carbocycles. The van der Waals surface area contributed by atoms with Crippen molar-refractivity contribution < 1.29 is 24.2 Å². The largest absolute Gasteiger partial charge is 0.486 e. The Bertz CT molecular complexity index is 1610. The predicted octanol–water partition coefficient (Wildman–Crippen LogP) is 6.41. The van der Waals surface area contributed by atoms with Gasteiger partial charge in [-0.15, -0.1) is 11.3 Å². The molecule has 0 saturated carbocycles. The van der Waals surface area contributed by atoms with Gasteiger partial charge in [0.2, 0.25) is 0 Å². The molecule has 2 N–H and O–H groups in total. The van der Waals surface area contributed by atoms with Crippen molar-refractivity contribution in [3.63, 3.8) is 0 Å². The quantitative estimate of drug-likeness (QED) is 0.206. The Hall–Kier alpha value is -4.28. The number of nitrogens with zero attached hydrogens (tertiary/aromatic N) is 3. The average molecular weight is 565 g/mol. The number of carboxylic acids is 1. The van der Waals surface area contributed by atoms with E-state index < -0.39 is 5.97 Å². The van der Waals surface area contributed by atoms with Crippen molar-refractivity contribution in [3.8, 4) is 5.75 Å². The molecule has 0 amide bonds. The summed E-state index contributed by atoms with van der Waals surface area (Å²) in [6.07, 6.45) is 3.50. The van der Waals surface area contributed by atoms with Crippen LogP contribution >= 0.6 is 22.9 Å². The van der Waals surface area contributed by atoms with Gasteiger partial charge < -0.3 is 19.9 Å². The lowest BCUT2D eigenvalue weighted by Crippen LogP contribution is -2.07. The molecule has 2 aromatic carbocycles. The van der Waals surface area contributed by atoms with E-state index in [1.54, 1.807) is 30.5 Å². The van der Waals surface area contributed by atoms with E-state index in [9.17, 15) is 4.79 Å². The van der Waals surface area contributed by atoms with E-state index in [0.717, 1.165) is 44.2 Å². The fraction of sp³-hybridized carbons (Fsp3) is 0.179. The third kappa shape index (κ3) is 7.40. The van der Waals surface area contributed by atoms with Crippen molar-refractivity contribution in [2.75, 3.05) is 11.9 Å². The number of nitrogens with one attached hydrogen (secondary N) is 1. The molecule has 3 aromatic heterocycles. The molecule has 5 aromatic rings. The standard InChI is InChI=1S/C26H21ClN4O3S.C2H4O2/c1-2-33-23(32)12-16-6-8-19-22(11-16)35-26-24(19)25(29-15-30-26)31-17-7-9-21(20(27)13-17)34-14-18-5-3-4-10-28-18;1-2(3)4/h3-11,13,15H,2,12,14H2,1H3,(H,29,30,31);1H3,(H,3,4). The number of thiophene rings is 1. The molecule has 0 fully saturated rings. The van der Waals surface area contributed by atoms with Crippen LogP contribution in [0, 0.1) is 0 Å². The first-order chi connectivity index (χ1) is 18.8. The summed E-state index contributed by atoms with van der Waals surface area (Å²) in [5, 5.41) is 13.2. The molecule has 0 spiro atoms. The molecule has 3 heterocycles.